The van der Waals surface area contributed by atoms with Crippen LogP contribution in [0.3, 0.4) is 0 Å². The van der Waals surface area contributed by atoms with E-state index < -0.39 is 8.07 Å². The molecule has 1 saturated heterocycles. The third kappa shape index (κ3) is 5.47. The molecule has 1 amide bonds. The van der Waals surface area contributed by atoms with E-state index in [1.54, 1.807) is 0 Å². The van der Waals surface area contributed by atoms with Crippen LogP contribution in [0.2, 0.25) is 25.7 Å². The summed E-state index contributed by atoms with van der Waals surface area (Å²) in [5.74, 6) is 0.148. The van der Waals surface area contributed by atoms with Crippen LogP contribution in [0.15, 0.2) is 55.2 Å². The zero-order valence-corrected chi connectivity index (χ0v) is 22.4. The fourth-order valence-corrected chi connectivity index (χ4v) is 5.53. The normalized spacial score (nSPS) is 16.6. The van der Waals surface area contributed by atoms with E-state index in [4.69, 9.17) is 14.5 Å². The predicted molar refractivity (Wildman–Crippen MR) is 143 cm³/mol. The number of imidazole rings is 1. The average molecular weight is 506 g/mol. The van der Waals surface area contributed by atoms with Gasteiger partial charge in [0.15, 0.2) is 0 Å². The summed E-state index contributed by atoms with van der Waals surface area (Å²) in [5.41, 5.74) is 3.96. The summed E-state index contributed by atoms with van der Waals surface area (Å²) in [6.45, 7) is 9.93. The highest BCUT2D eigenvalue weighted by molar-refractivity contribution is 6.76. The molecular formula is C27H35N5O3Si. The largest absolute Gasteiger partial charge is 0.445 e. The van der Waals surface area contributed by atoms with Crippen molar-refractivity contribution in [1.29, 1.82) is 0 Å². The molecule has 1 atom stereocenters. The van der Waals surface area contributed by atoms with Crippen molar-refractivity contribution in [2.75, 3.05) is 19.7 Å². The Labute approximate surface area is 212 Å². The zero-order chi connectivity index (χ0) is 25.1. The van der Waals surface area contributed by atoms with Crippen LogP contribution in [0.5, 0.6) is 0 Å². The van der Waals surface area contributed by atoms with E-state index in [-0.39, 0.29) is 18.6 Å². The van der Waals surface area contributed by atoms with E-state index >= 15 is 0 Å². The van der Waals surface area contributed by atoms with Gasteiger partial charge in [0, 0.05) is 45.3 Å². The van der Waals surface area contributed by atoms with E-state index in [0.717, 1.165) is 53.3 Å². The predicted octanol–water partition coefficient (Wildman–Crippen LogP) is 5.51. The number of carbonyl (C=O) groups excluding carboxylic acids is 1. The number of carbonyl (C=O) groups is 1. The summed E-state index contributed by atoms with van der Waals surface area (Å²) in [6.07, 6.45) is 7.33. The van der Waals surface area contributed by atoms with Gasteiger partial charge in [-0.1, -0.05) is 50.0 Å². The Morgan fingerprint density at radius 2 is 1.92 bits per heavy atom. The topological polar surface area (TPSA) is 73.9 Å². The number of piperidine rings is 1. The molecule has 36 heavy (non-hydrogen) atoms. The van der Waals surface area contributed by atoms with E-state index in [9.17, 15) is 4.79 Å². The molecule has 1 fully saturated rings. The molecule has 0 saturated carbocycles. The smallest absolute Gasteiger partial charge is 0.410 e. The second kappa shape index (κ2) is 10.4. The van der Waals surface area contributed by atoms with Crippen molar-refractivity contribution in [2.45, 2.75) is 57.8 Å². The summed E-state index contributed by atoms with van der Waals surface area (Å²) in [7, 11) is -1.12. The van der Waals surface area contributed by atoms with Gasteiger partial charge >= 0.3 is 6.09 Å². The van der Waals surface area contributed by atoms with Gasteiger partial charge in [-0.2, -0.15) is 0 Å². The number of hydrogen-bond acceptors (Lipinski definition) is 5. The van der Waals surface area contributed by atoms with Crippen LogP contribution in [0.25, 0.3) is 16.6 Å². The van der Waals surface area contributed by atoms with Crippen LogP contribution in [0.4, 0.5) is 4.79 Å². The Morgan fingerprint density at radius 3 is 2.72 bits per heavy atom. The number of rotatable bonds is 8. The van der Waals surface area contributed by atoms with Crippen molar-refractivity contribution in [3.63, 3.8) is 0 Å². The molecule has 0 aliphatic carbocycles. The number of amides is 1. The first-order chi connectivity index (χ1) is 17.4. The highest BCUT2D eigenvalue weighted by Gasteiger charge is 2.29. The molecule has 8 nitrogen and oxygen atoms in total. The fourth-order valence-electron chi connectivity index (χ4n) is 4.77. The molecule has 0 bridgehead atoms. The van der Waals surface area contributed by atoms with Gasteiger partial charge in [-0.3, -0.25) is 4.40 Å². The van der Waals surface area contributed by atoms with Gasteiger partial charge in [0.2, 0.25) is 0 Å². The van der Waals surface area contributed by atoms with Crippen molar-refractivity contribution in [2.24, 2.45) is 0 Å². The van der Waals surface area contributed by atoms with Crippen LogP contribution >= 0.6 is 0 Å². The SMILES string of the molecule is C[Si](C)(C)CCOCn1ccc2c1ncn1cnc(C3CCCN(C(=O)OCc4ccccc4)C3)c21. The Bertz CT molecular complexity index is 1330. The Hall–Kier alpha value is -3.17. The average Bonchev–Trinajstić information content (AvgIpc) is 3.49. The van der Waals surface area contributed by atoms with Crippen molar-refractivity contribution >= 4 is 30.7 Å². The van der Waals surface area contributed by atoms with E-state index in [1.165, 1.54) is 0 Å². The minimum atomic E-state index is -1.12. The standard InChI is InChI=1S/C27H35N5O3Si/c1-36(2,3)15-14-34-20-31-13-11-23-25-24(28-18-32(25)19-29-26(23)31)22-10-7-12-30(16-22)27(33)35-17-21-8-5-4-6-9-21/h4-6,8-9,11,13,18-19,22H,7,10,12,14-17,20H2,1-3H3. The van der Waals surface area contributed by atoms with E-state index in [0.29, 0.717) is 19.8 Å². The molecule has 0 radical (unpaired) electrons. The van der Waals surface area contributed by atoms with Crippen molar-refractivity contribution < 1.29 is 14.3 Å². The van der Waals surface area contributed by atoms with Crippen molar-refractivity contribution in [3.05, 3.63) is 66.5 Å². The maximum atomic E-state index is 12.8. The van der Waals surface area contributed by atoms with Gasteiger partial charge in [0.25, 0.3) is 0 Å². The molecule has 9 heteroatoms. The van der Waals surface area contributed by atoms with Crippen LogP contribution in [0, 0.1) is 0 Å². The molecule has 1 aliphatic rings. The van der Waals surface area contributed by atoms with Crippen LogP contribution < -0.4 is 0 Å². The first-order valence-electron chi connectivity index (χ1n) is 12.7. The molecule has 1 aliphatic heterocycles. The number of nitrogens with zero attached hydrogens (tertiary/aromatic N) is 5. The third-order valence-electron chi connectivity index (χ3n) is 6.81. The second-order valence-electron chi connectivity index (χ2n) is 10.8. The van der Waals surface area contributed by atoms with E-state index in [2.05, 4.69) is 35.3 Å². The lowest BCUT2D eigenvalue weighted by atomic mass is 9.94. The lowest BCUT2D eigenvalue weighted by Gasteiger charge is -2.31. The lowest BCUT2D eigenvalue weighted by molar-refractivity contribution is 0.0857. The molecule has 0 spiro atoms. The van der Waals surface area contributed by atoms with Gasteiger partial charge in [-0.25, -0.2) is 14.8 Å². The summed E-state index contributed by atoms with van der Waals surface area (Å²) in [6, 6.07) is 13.0. The van der Waals surface area contributed by atoms with Gasteiger partial charge in [0.1, 0.15) is 31.6 Å². The molecular weight excluding hydrogens is 470 g/mol. The van der Waals surface area contributed by atoms with E-state index in [1.807, 2.05) is 58.5 Å². The summed E-state index contributed by atoms with van der Waals surface area (Å²) >= 11 is 0. The Balaban J connectivity index is 1.30. The van der Waals surface area contributed by atoms with Gasteiger partial charge in [0.05, 0.1) is 11.2 Å². The van der Waals surface area contributed by atoms with Crippen LogP contribution in [-0.2, 0) is 22.8 Å². The Kier molecular flexibility index (Phi) is 7.11. The zero-order valence-electron chi connectivity index (χ0n) is 21.4. The summed E-state index contributed by atoms with van der Waals surface area (Å²) in [4.78, 5) is 24.1. The summed E-state index contributed by atoms with van der Waals surface area (Å²) < 4.78 is 15.6. The molecule has 5 rings (SSSR count). The van der Waals surface area contributed by atoms with Crippen LogP contribution in [0.1, 0.15) is 30.0 Å². The third-order valence-corrected chi connectivity index (χ3v) is 8.52. The number of likely N-dealkylation sites (tertiary alicyclic amines) is 1. The second-order valence-corrected chi connectivity index (χ2v) is 16.4. The first-order valence-corrected chi connectivity index (χ1v) is 16.4. The first kappa shape index (κ1) is 24.5. The van der Waals surface area contributed by atoms with Crippen molar-refractivity contribution in [3.8, 4) is 0 Å². The molecule has 1 unspecified atom stereocenters. The maximum absolute atomic E-state index is 12.8. The number of benzene rings is 1. The van der Waals surface area contributed by atoms with Gasteiger partial charge in [-0.05, 0) is 30.5 Å². The Morgan fingerprint density at radius 1 is 1.11 bits per heavy atom. The molecule has 190 valence electrons. The highest BCUT2D eigenvalue weighted by Crippen LogP contribution is 2.32. The van der Waals surface area contributed by atoms with Gasteiger partial charge < -0.3 is 18.9 Å². The fraction of sp³-hybridized carbons (Fsp3) is 0.444. The number of aromatic nitrogens is 4. The molecule has 1 aromatic carbocycles. The quantitative estimate of drug-likeness (QED) is 0.233. The highest BCUT2D eigenvalue weighted by atomic mass is 28.3. The van der Waals surface area contributed by atoms with Gasteiger partial charge in [-0.15, -0.1) is 0 Å². The minimum Gasteiger partial charge on any atom is -0.445 e. The van der Waals surface area contributed by atoms with Crippen molar-refractivity contribution in [1.82, 2.24) is 23.8 Å². The summed E-state index contributed by atoms with van der Waals surface area (Å²) in [5, 5.41) is 1.06. The lowest BCUT2D eigenvalue weighted by Crippen LogP contribution is -2.39. The molecule has 4 heterocycles. The van der Waals surface area contributed by atoms with Crippen LogP contribution in [-0.4, -0.2) is 57.7 Å². The number of hydrogen-bond donors (Lipinski definition) is 0. The number of ether oxygens (including phenoxy) is 2. The molecule has 3 aromatic heterocycles. The maximum Gasteiger partial charge on any atom is 0.410 e. The molecule has 4 aromatic rings. The number of fused-ring (bicyclic) bond motifs is 3. The monoisotopic (exact) mass is 505 g/mol. The molecule has 0 N–H and O–H groups in total. The minimum absolute atomic E-state index is 0.148.